The van der Waals surface area contributed by atoms with Gasteiger partial charge in [0.15, 0.2) is 0 Å². The number of carbonyl (C=O) groups is 2. The van der Waals surface area contributed by atoms with Crippen molar-refractivity contribution in [2.75, 3.05) is 13.2 Å². The highest BCUT2D eigenvalue weighted by Crippen LogP contribution is 2.18. The van der Waals surface area contributed by atoms with Gasteiger partial charge >= 0.3 is 11.9 Å². The van der Waals surface area contributed by atoms with Gasteiger partial charge in [-0.3, -0.25) is 0 Å². The Kier molecular flexibility index (Phi) is 8.44. The van der Waals surface area contributed by atoms with Gasteiger partial charge in [0.05, 0.1) is 24.3 Å². The predicted molar refractivity (Wildman–Crippen MR) is 123 cm³/mol. The molecule has 0 amide bonds. The molecular formula is C27H28O5. The lowest BCUT2D eigenvalue weighted by molar-refractivity contribution is 0.0500. The number of hydrogen-bond acceptors (Lipinski definition) is 5. The Hall–Kier alpha value is -3.60. The van der Waals surface area contributed by atoms with Crippen molar-refractivity contribution >= 4 is 11.9 Å². The first-order valence-corrected chi connectivity index (χ1v) is 10.8. The predicted octanol–water partition coefficient (Wildman–Crippen LogP) is 5.73. The lowest BCUT2D eigenvalue weighted by atomic mass is 10.1. The summed E-state index contributed by atoms with van der Waals surface area (Å²) in [5, 5.41) is 0. The summed E-state index contributed by atoms with van der Waals surface area (Å²) >= 11 is 0. The maximum Gasteiger partial charge on any atom is 0.343 e. The van der Waals surface area contributed by atoms with E-state index >= 15 is 0 Å². The molecule has 0 bridgehead atoms. The highest BCUT2D eigenvalue weighted by molar-refractivity contribution is 5.92. The topological polar surface area (TPSA) is 61.8 Å². The molecule has 0 heterocycles. The molecule has 0 radical (unpaired) electrons. The summed E-state index contributed by atoms with van der Waals surface area (Å²) in [5.41, 5.74) is 2.05. The van der Waals surface area contributed by atoms with Gasteiger partial charge in [-0.25, -0.2) is 9.59 Å². The third-order valence-electron chi connectivity index (χ3n) is 4.66. The van der Waals surface area contributed by atoms with Crippen LogP contribution >= 0.6 is 0 Å². The standard InChI is InChI=1S/C27H28O5/c1-20(2)19-31-24-14-10-23(11-15-24)27(29)32-25-16-12-22(13-17-25)26(28)30-18-6-9-21-7-4-3-5-8-21/h3-5,7-8,10-17,20H,6,9,18-19H2,1-2H3. The Labute approximate surface area is 188 Å². The van der Waals surface area contributed by atoms with Crippen molar-refractivity contribution in [1.82, 2.24) is 0 Å². The summed E-state index contributed by atoms with van der Waals surface area (Å²) in [6.07, 6.45) is 1.61. The molecule has 3 rings (SSSR count). The molecule has 32 heavy (non-hydrogen) atoms. The maximum absolute atomic E-state index is 12.3. The number of carbonyl (C=O) groups excluding carboxylic acids is 2. The second-order valence-corrected chi connectivity index (χ2v) is 7.87. The highest BCUT2D eigenvalue weighted by atomic mass is 16.5. The van der Waals surface area contributed by atoms with Gasteiger partial charge < -0.3 is 14.2 Å². The van der Waals surface area contributed by atoms with E-state index in [1.807, 2.05) is 18.2 Å². The average molecular weight is 433 g/mol. The van der Waals surface area contributed by atoms with Crippen molar-refractivity contribution in [2.24, 2.45) is 5.92 Å². The maximum atomic E-state index is 12.3. The fourth-order valence-corrected chi connectivity index (χ4v) is 2.94. The second-order valence-electron chi connectivity index (χ2n) is 7.87. The number of aryl methyl sites for hydroxylation is 1. The zero-order valence-corrected chi connectivity index (χ0v) is 18.5. The molecule has 0 aliphatic rings. The van der Waals surface area contributed by atoms with E-state index in [4.69, 9.17) is 14.2 Å². The van der Waals surface area contributed by atoms with E-state index in [-0.39, 0.29) is 0 Å². The van der Waals surface area contributed by atoms with Gasteiger partial charge in [0, 0.05) is 0 Å². The fourth-order valence-electron chi connectivity index (χ4n) is 2.94. The zero-order valence-electron chi connectivity index (χ0n) is 18.5. The van der Waals surface area contributed by atoms with E-state index in [1.165, 1.54) is 5.56 Å². The fraction of sp³-hybridized carbons (Fsp3) is 0.259. The normalized spacial score (nSPS) is 10.6. The van der Waals surface area contributed by atoms with E-state index in [2.05, 4.69) is 26.0 Å². The van der Waals surface area contributed by atoms with Crippen LogP contribution in [0, 0.1) is 5.92 Å². The Morgan fingerprint density at radius 3 is 1.97 bits per heavy atom. The van der Waals surface area contributed by atoms with Crippen molar-refractivity contribution in [1.29, 1.82) is 0 Å². The molecule has 166 valence electrons. The number of hydrogen-bond donors (Lipinski definition) is 0. The van der Waals surface area contributed by atoms with Gasteiger partial charge in [-0.15, -0.1) is 0 Å². The third kappa shape index (κ3) is 7.27. The highest BCUT2D eigenvalue weighted by Gasteiger charge is 2.11. The van der Waals surface area contributed by atoms with Crippen molar-refractivity contribution < 1.29 is 23.8 Å². The summed E-state index contributed by atoms with van der Waals surface area (Å²) in [5.74, 6) is 0.622. The minimum atomic E-state index is -0.475. The molecule has 0 aliphatic carbocycles. The Balaban J connectivity index is 1.45. The van der Waals surface area contributed by atoms with Crippen LogP contribution in [0.1, 0.15) is 46.5 Å². The van der Waals surface area contributed by atoms with Crippen LogP contribution in [-0.2, 0) is 11.2 Å². The summed E-state index contributed by atoms with van der Waals surface area (Å²) in [4.78, 5) is 24.5. The molecule has 0 fully saturated rings. The molecule has 5 nitrogen and oxygen atoms in total. The Morgan fingerprint density at radius 1 is 0.750 bits per heavy atom. The molecular weight excluding hydrogens is 404 g/mol. The van der Waals surface area contributed by atoms with Crippen LogP contribution in [0.25, 0.3) is 0 Å². The van der Waals surface area contributed by atoms with Crippen molar-refractivity contribution in [3.8, 4) is 11.5 Å². The molecule has 0 spiro atoms. The minimum Gasteiger partial charge on any atom is -0.493 e. The van der Waals surface area contributed by atoms with Gasteiger partial charge in [0.25, 0.3) is 0 Å². The summed E-state index contributed by atoms with van der Waals surface area (Å²) in [7, 11) is 0. The molecule has 0 saturated carbocycles. The molecule has 0 unspecified atom stereocenters. The summed E-state index contributed by atoms with van der Waals surface area (Å²) in [6, 6.07) is 23.2. The van der Waals surface area contributed by atoms with Gasteiger partial charge in [0.2, 0.25) is 0 Å². The first kappa shape index (κ1) is 23.1. The minimum absolute atomic E-state index is 0.349. The van der Waals surface area contributed by atoms with E-state index in [0.29, 0.717) is 41.8 Å². The summed E-state index contributed by atoms with van der Waals surface area (Å²) < 4.78 is 16.3. The van der Waals surface area contributed by atoms with Crippen LogP contribution in [0.4, 0.5) is 0 Å². The SMILES string of the molecule is CC(C)COc1ccc(C(=O)Oc2ccc(C(=O)OCCCc3ccccc3)cc2)cc1. The Bertz CT molecular complexity index is 992. The van der Waals surface area contributed by atoms with Gasteiger partial charge in [0.1, 0.15) is 11.5 Å². The molecule has 0 aliphatic heterocycles. The van der Waals surface area contributed by atoms with Crippen LogP contribution in [0.3, 0.4) is 0 Å². The smallest absolute Gasteiger partial charge is 0.343 e. The van der Waals surface area contributed by atoms with Crippen molar-refractivity contribution in [3.05, 3.63) is 95.6 Å². The van der Waals surface area contributed by atoms with Gasteiger partial charge in [-0.2, -0.15) is 0 Å². The first-order valence-electron chi connectivity index (χ1n) is 10.8. The van der Waals surface area contributed by atoms with E-state index in [0.717, 1.165) is 12.8 Å². The average Bonchev–Trinajstić information content (AvgIpc) is 2.82. The number of benzene rings is 3. The monoisotopic (exact) mass is 432 g/mol. The van der Waals surface area contributed by atoms with Crippen LogP contribution in [0.15, 0.2) is 78.9 Å². The number of ether oxygens (including phenoxy) is 3. The quantitative estimate of drug-likeness (QED) is 0.233. The van der Waals surface area contributed by atoms with E-state index in [9.17, 15) is 9.59 Å². The Morgan fingerprint density at radius 2 is 1.34 bits per heavy atom. The van der Waals surface area contributed by atoms with Crippen LogP contribution in [-0.4, -0.2) is 25.2 Å². The zero-order chi connectivity index (χ0) is 22.8. The van der Waals surface area contributed by atoms with Crippen LogP contribution < -0.4 is 9.47 Å². The van der Waals surface area contributed by atoms with Crippen LogP contribution in [0.5, 0.6) is 11.5 Å². The molecule has 0 aromatic heterocycles. The second kappa shape index (κ2) is 11.7. The first-order chi connectivity index (χ1) is 15.5. The summed E-state index contributed by atoms with van der Waals surface area (Å²) in [6.45, 7) is 5.11. The molecule has 3 aromatic carbocycles. The molecule has 0 N–H and O–H groups in total. The van der Waals surface area contributed by atoms with Crippen molar-refractivity contribution in [2.45, 2.75) is 26.7 Å². The molecule has 3 aromatic rings. The van der Waals surface area contributed by atoms with E-state index < -0.39 is 11.9 Å². The lowest BCUT2D eigenvalue weighted by Gasteiger charge is -2.09. The number of esters is 2. The van der Waals surface area contributed by atoms with E-state index in [1.54, 1.807) is 48.5 Å². The molecule has 0 saturated heterocycles. The third-order valence-corrected chi connectivity index (χ3v) is 4.66. The largest absolute Gasteiger partial charge is 0.493 e. The van der Waals surface area contributed by atoms with Gasteiger partial charge in [-0.05, 0) is 72.9 Å². The molecule has 5 heteroatoms. The lowest BCUT2D eigenvalue weighted by Crippen LogP contribution is -2.10. The molecule has 0 atom stereocenters. The van der Waals surface area contributed by atoms with Crippen molar-refractivity contribution in [3.63, 3.8) is 0 Å². The van der Waals surface area contributed by atoms with Crippen LogP contribution in [0.2, 0.25) is 0 Å². The number of rotatable bonds is 10. The van der Waals surface area contributed by atoms with Gasteiger partial charge in [-0.1, -0.05) is 44.2 Å².